The molecule has 1 fully saturated rings. The molecule has 0 spiro atoms. The summed E-state index contributed by atoms with van der Waals surface area (Å²) in [7, 11) is -3.20. The molecule has 0 unspecified atom stereocenters. The maximum absolute atomic E-state index is 12.3. The summed E-state index contributed by atoms with van der Waals surface area (Å²) in [6, 6.07) is 7.20. The number of benzene rings is 1. The van der Waals surface area contributed by atoms with E-state index in [1.54, 1.807) is 12.1 Å². The van der Waals surface area contributed by atoms with Crippen LogP contribution in [-0.2, 0) is 14.6 Å². The SMILES string of the molecule is CCCS(=O)(=O)c1ccccc1NCC1(C)CCOCC1. The van der Waals surface area contributed by atoms with Crippen molar-refractivity contribution in [2.75, 3.05) is 30.8 Å². The molecule has 0 aliphatic carbocycles. The van der Waals surface area contributed by atoms with E-state index in [9.17, 15) is 8.42 Å². The average molecular weight is 311 g/mol. The van der Waals surface area contributed by atoms with E-state index in [4.69, 9.17) is 4.74 Å². The molecule has 1 aliphatic rings. The Morgan fingerprint density at radius 1 is 1.24 bits per heavy atom. The van der Waals surface area contributed by atoms with Crippen molar-refractivity contribution in [3.05, 3.63) is 24.3 Å². The van der Waals surface area contributed by atoms with Crippen LogP contribution in [-0.4, -0.2) is 33.9 Å². The molecule has 21 heavy (non-hydrogen) atoms. The van der Waals surface area contributed by atoms with Crippen LogP contribution >= 0.6 is 0 Å². The van der Waals surface area contributed by atoms with E-state index in [-0.39, 0.29) is 11.2 Å². The van der Waals surface area contributed by atoms with E-state index < -0.39 is 9.84 Å². The third-order valence-electron chi connectivity index (χ3n) is 4.10. The highest BCUT2D eigenvalue weighted by Gasteiger charge is 2.27. The van der Waals surface area contributed by atoms with E-state index >= 15 is 0 Å². The lowest BCUT2D eigenvalue weighted by molar-refractivity contribution is 0.0300. The van der Waals surface area contributed by atoms with Gasteiger partial charge in [-0.3, -0.25) is 0 Å². The van der Waals surface area contributed by atoms with Crippen LogP contribution < -0.4 is 5.32 Å². The third kappa shape index (κ3) is 4.20. The van der Waals surface area contributed by atoms with Gasteiger partial charge in [-0.05, 0) is 36.8 Å². The summed E-state index contributed by atoms with van der Waals surface area (Å²) in [5.41, 5.74) is 0.888. The second-order valence-corrected chi connectivity index (χ2v) is 8.17. The van der Waals surface area contributed by atoms with Gasteiger partial charge in [-0.2, -0.15) is 0 Å². The minimum atomic E-state index is -3.20. The summed E-state index contributed by atoms with van der Waals surface area (Å²) in [6.45, 7) is 6.46. The molecule has 4 nitrogen and oxygen atoms in total. The molecule has 0 saturated carbocycles. The van der Waals surface area contributed by atoms with Gasteiger partial charge >= 0.3 is 0 Å². The number of hydrogen-bond donors (Lipinski definition) is 1. The predicted molar refractivity (Wildman–Crippen MR) is 85.4 cm³/mol. The Kier molecular flexibility index (Phi) is 5.27. The Bertz CT molecular complexity index is 563. The molecule has 0 atom stereocenters. The number of para-hydroxylation sites is 1. The van der Waals surface area contributed by atoms with Gasteiger partial charge in [-0.1, -0.05) is 26.0 Å². The van der Waals surface area contributed by atoms with Gasteiger partial charge in [0.2, 0.25) is 0 Å². The molecule has 118 valence electrons. The number of sulfone groups is 1. The van der Waals surface area contributed by atoms with E-state index in [1.165, 1.54) is 0 Å². The molecule has 1 aromatic rings. The Morgan fingerprint density at radius 3 is 2.57 bits per heavy atom. The normalized spacial score (nSPS) is 18.4. The fraction of sp³-hybridized carbons (Fsp3) is 0.625. The van der Waals surface area contributed by atoms with Crippen molar-refractivity contribution in [2.45, 2.75) is 38.0 Å². The Labute approximate surface area is 127 Å². The third-order valence-corrected chi connectivity index (χ3v) is 6.07. The quantitative estimate of drug-likeness (QED) is 0.877. The summed E-state index contributed by atoms with van der Waals surface area (Å²) in [5, 5.41) is 3.35. The van der Waals surface area contributed by atoms with Crippen molar-refractivity contribution in [3.8, 4) is 0 Å². The summed E-state index contributed by atoms with van der Waals surface area (Å²) in [4.78, 5) is 0.419. The second kappa shape index (κ2) is 6.79. The molecule has 0 amide bonds. The summed E-state index contributed by atoms with van der Waals surface area (Å²) in [5.74, 6) is 0.191. The lowest BCUT2D eigenvalue weighted by Gasteiger charge is -2.34. The fourth-order valence-electron chi connectivity index (χ4n) is 2.61. The lowest BCUT2D eigenvalue weighted by Crippen LogP contribution is -2.33. The molecule has 1 aliphatic heterocycles. The van der Waals surface area contributed by atoms with Gasteiger partial charge in [0.25, 0.3) is 0 Å². The second-order valence-electron chi connectivity index (χ2n) is 6.09. The van der Waals surface area contributed by atoms with Crippen molar-refractivity contribution in [2.24, 2.45) is 5.41 Å². The van der Waals surface area contributed by atoms with E-state index in [0.717, 1.165) is 38.3 Å². The van der Waals surface area contributed by atoms with E-state index in [2.05, 4.69) is 12.2 Å². The average Bonchev–Trinajstić information content (AvgIpc) is 2.46. The van der Waals surface area contributed by atoms with Crippen LogP contribution in [0, 0.1) is 5.41 Å². The summed E-state index contributed by atoms with van der Waals surface area (Å²) >= 11 is 0. The number of anilines is 1. The lowest BCUT2D eigenvalue weighted by atomic mass is 9.82. The number of ether oxygens (including phenoxy) is 1. The molecular formula is C16H25NO3S. The Balaban J connectivity index is 2.13. The number of hydrogen-bond acceptors (Lipinski definition) is 4. The first-order chi connectivity index (χ1) is 9.97. The maximum Gasteiger partial charge on any atom is 0.180 e. The topological polar surface area (TPSA) is 55.4 Å². The molecule has 2 rings (SSSR count). The molecule has 0 bridgehead atoms. The highest BCUT2D eigenvalue weighted by Crippen LogP contribution is 2.31. The highest BCUT2D eigenvalue weighted by atomic mass is 32.2. The van der Waals surface area contributed by atoms with Crippen LogP contribution in [0.3, 0.4) is 0 Å². The van der Waals surface area contributed by atoms with Gasteiger partial charge in [0.05, 0.1) is 16.3 Å². The highest BCUT2D eigenvalue weighted by molar-refractivity contribution is 7.91. The largest absolute Gasteiger partial charge is 0.383 e. The standard InChI is InChI=1S/C16H25NO3S/c1-3-12-21(18,19)15-7-5-4-6-14(15)17-13-16(2)8-10-20-11-9-16/h4-7,17H,3,8-13H2,1-2H3. The molecule has 0 aromatic heterocycles. The number of nitrogens with one attached hydrogen (secondary N) is 1. The monoisotopic (exact) mass is 311 g/mol. The van der Waals surface area contributed by atoms with Crippen LogP contribution in [0.4, 0.5) is 5.69 Å². The molecule has 0 radical (unpaired) electrons. The molecule has 1 saturated heterocycles. The van der Waals surface area contributed by atoms with Crippen molar-refractivity contribution in [1.29, 1.82) is 0 Å². The predicted octanol–water partition coefficient (Wildman–Crippen LogP) is 3.10. The van der Waals surface area contributed by atoms with E-state index in [1.807, 2.05) is 19.1 Å². The summed E-state index contributed by atoms with van der Waals surface area (Å²) in [6.07, 6.45) is 2.64. The molecule has 1 aromatic carbocycles. The zero-order valence-corrected chi connectivity index (χ0v) is 13.7. The van der Waals surface area contributed by atoms with Gasteiger partial charge in [0.1, 0.15) is 0 Å². The van der Waals surface area contributed by atoms with Crippen molar-refractivity contribution in [3.63, 3.8) is 0 Å². The van der Waals surface area contributed by atoms with Gasteiger partial charge in [0, 0.05) is 19.8 Å². The molecular weight excluding hydrogens is 286 g/mol. The van der Waals surface area contributed by atoms with Crippen LogP contribution in [0.15, 0.2) is 29.2 Å². The smallest absolute Gasteiger partial charge is 0.180 e. The van der Waals surface area contributed by atoms with Gasteiger partial charge in [-0.15, -0.1) is 0 Å². The first-order valence-corrected chi connectivity index (χ1v) is 9.25. The zero-order chi connectivity index (χ0) is 15.3. The maximum atomic E-state index is 12.3. The van der Waals surface area contributed by atoms with Crippen LogP contribution in [0.1, 0.15) is 33.1 Å². The van der Waals surface area contributed by atoms with Gasteiger partial charge < -0.3 is 10.1 Å². The minimum Gasteiger partial charge on any atom is -0.383 e. The Morgan fingerprint density at radius 2 is 1.90 bits per heavy atom. The minimum absolute atomic E-state index is 0.167. The van der Waals surface area contributed by atoms with Crippen LogP contribution in [0.5, 0.6) is 0 Å². The molecule has 1 heterocycles. The molecule has 1 N–H and O–H groups in total. The van der Waals surface area contributed by atoms with Crippen LogP contribution in [0.25, 0.3) is 0 Å². The Hall–Kier alpha value is -1.07. The first kappa shape index (κ1) is 16.3. The van der Waals surface area contributed by atoms with Crippen molar-refractivity contribution in [1.82, 2.24) is 0 Å². The molecule has 5 heteroatoms. The van der Waals surface area contributed by atoms with Gasteiger partial charge in [-0.25, -0.2) is 8.42 Å². The number of rotatable bonds is 6. The van der Waals surface area contributed by atoms with Crippen LogP contribution in [0.2, 0.25) is 0 Å². The zero-order valence-electron chi connectivity index (χ0n) is 12.9. The fourth-order valence-corrected chi connectivity index (χ4v) is 4.13. The van der Waals surface area contributed by atoms with E-state index in [0.29, 0.717) is 11.3 Å². The van der Waals surface area contributed by atoms with Crippen molar-refractivity contribution < 1.29 is 13.2 Å². The first-order valence-electron chi connectivity index (χ1n) is 7.60. The summed E-state index contributed by atoms with van der Waals surface area (Å²) < 4.78 is 30.1. The van der Waals surface area contributed by atoms with Crippen molar-refractivity contribution >= 4 is 15.5 Å². The van der Waals surface area contributed by atoms with Gasteiger partial charge in [0.15, 0.2) is 9.84 Å².